The van der Waals surface area contributed by atoms with Crippen molar-refractivity contribution in [3.63, 3.8) is 0 Å². The number of hydrogen-bond donors (Lipinski definition) is 1. The molecule has 2 aromatic carbocycles. The number of phenols is 1. The fourth-order valence-corrected chi connectivity index (χ4v) is 2.55. The van der Waals surface area contributed by atoms with E-state index in [1.54, 1.807) is 12.1 Å². The zero-order valence-corrected chi connectivity index (χ0v) is 11.2. The van der Waals surface area contributed by atoms with Crippen LogP contribution in [0, 0.1) is 0 Å². The first-order valence-electron chi connectivity index (χ1n) is 6.15. The summed E-state index contributed by atoms with van der Waals surface area (Å²) in [6.45, 7) is 2.85. The Morgan fingerprint density at radius 3 is 2.58 bits per heavy atom. The summed E-state index contributed by atoms with van der Waals surface area (Å²) in [6, 6.07) is 12.8. The smallest absolute Gasteiger partial charge is 0.141 e. The van der Waals surface area contributed by atoms with Crippen LogP contribution in [-0.4, -0.2) is 14.7 Å². The summed E-state index contributed by atoms with van der Waals surface area (Å²) < 4.78 is 2.09. The SMILES string of the molecule is CCn1c(-c2ccc(O)cc2)nc2cccc(Cl)c21. The number of aromatic nitrogens is 2. The van der Waals surface area contributed by atoms with Crippen LogP contribution in [0.25, 0.3) is 22.4 Å². The van der Waals surface area contributed by atoms with Crippen LogP contribution < -0.4 is 0 Å². The number of benzene rings is 2. The van der Waals surface area contributed by atoms with E-state index in [1.165, 1.54) is 0 Å². The summed E-state index contributed by atoms with van der Waals surface area (Å²) in [4.78, 5) is 4.64. The van der Waals surface area contributed by atoms with Gasteiger partial charge in [0.25, 0.3) is 0 Å². The van der Waals surface area contributed by atoms with Crippen molar-refractivity contribution in [3.8, 4) is 17.1 Å². The van der Waals surface area contributed by atoms with Crippen molar-refractivity contribution in [3.05, 3.63) is 47.5 Å². The number of imidazole rings is 1. The number of rotatable bonds is 2. The Hall–Kier alpha value is -2.00. The highest BCUT2D eigenvalue weighted by molar-refractivity contribution is 6.35. The number of halogens is 1. The quantitative estimate of drug-likeness (QED) is 0.763. The molecule has 96 valence electrons. The van der Waals surface area contributed by atoms with Crippen molar-refractivity contribution in [2.24, 2.45) is 0 Å². The summed E-state index contributed by atoms with van der Waals surface area (Å²) in [5.41, 5.74) is 2.80. The average Bonchev–Trinajstić information content (AvgIpc) is 2.79. The summed E-state index contributed by atoms with van der Waals surface area (Å²) in [6.07, 6.45) is 0. The van der Waals surface area contributed by atoms with Gasteiger partial charge >= 0.3 is 0 Å². The minimum absolute atomic E-state index is 0.251. The first-order chi connectivity index (χ1) is 9.20. The van der Waals surface area contributed by atoms with Crippen molar-refractivity contribution in [2.45, 2.75) is 13.5 Å². The highest BCUT2D eigenvalue weighted by Gasteiger charge is 2.13. The third-order valence-corrected chi connectivity index (χ3v) is 3.46. The molecule has 1 N–H and O–H groups in total. The van der Waals surface area contributed by atoms with Crippen LogP contribution in [0.5, 0.6) is 5.75 Å². The Morgan fingerprint density at radius 1 is 1.16 bits per heavy atom. The molecule has 1 aromatic heterocycles. The number of phenolic OH excluding ortho intramolecular Hbond substituents is 1. The van der Waals surface area contributed by atoms with Crippen LogP contribution in [0.15, 0.2) is 42.5 Å². The molecule has 0 fully saturated rings. The van der Waals surface area contributed by atoms with Gasteiger partial charge in [-0.1, -0.05) is 17.7 Å². The van der Waals surface area contributed by atoms with Crippen LogP contribution in [0.4, 0.5) is 0 Å². The second-order valence-electron chi connectivity index (χ2n) is 4.33. The van der Waals surface area contributed by atoms with E-state index in [2.05, 4.69) is 16.5 Å². The van der Waals surface area contributed by atoms with Crippen LogP contribution >= 0.6 is 11.6 Å². The normalized spacial score (nSPS) is 11.1. The number of para-hydroxylation sites is 1. The highest BCUT2D eigenvalue weighted by Crippen LogP contribution is 2.30. The first kappa shape index (κ1) is 12.1. The minimum atomic E-state index is 0.251. The third-order valence-electron chi connectivity index (χ3n) is 3.16. The fourth-order valence-electron chi connectivity index (χ4n) is 2.28. The van der Waals surface area contributed by atoms with Crippen molar-refractivity contribution < 1.29 is 5.11 Å². The largest absolute Gasteiger partial charge is 0.508 e. The Balaban J connectivity index is 2.29. The number of nitrogens with zero attached hydrogens (tertiary/aromatic N) is 2. The van der Waals surface area contributed by atoms with Crippen LogP contribution in [0.2, 0.25) is 5.02 Å². The van der Waals surface area contributed by atoms with Gasteiger partial charge in [0.2, 0.25) is 0 Å². The van der Waals surface area contributed by atoms with Crippen molar-refractivity contribution in [1.29, 1.82) is 0 Å². The summed E-state index contributed by atoms with van der Waals surface area (Å²) in [5.74, 6) is 1.12. The molecule has 1 heterocycles. The molecular formula is C15H13ClN2O. The Bertz CT molecular complexity index is 732. The monoisotopic (exact) mass is 272 g/mol. The Kier molecular flexibility index (Phi) is 2.91. The molecule has 0 atom stereocenters. The molecule has 0 saturated heterocycles. The lowest BCUT2D eigenvalue weighted by atomic mass is 10.2. The number of fused-ring (bicyclic) bond motifs is 1. The number of aromatic hydroxyl groups is 1. The summed E-state index contributed by atoms with van der Waals surface area (Å²) >= 11 is 6.27. The van der Waals surface area contributed by atoms with E-state index in [0.717, 1.165) is 29.0 Å². The van der Waals surface area contributed by atoms with Crippen LogP contribution in [0.1, 0.15) is 6.92 Å². The van der Waals surface area contributed by atoms with E-state index in [0.29, 0.717) is 5.02 Å². The summed E-state index contributed by atoms with van der Waals surface area (Å²) in [5, 5.41) is 10.1. The van der Waals surface area contributed by atoms with Crippen LogP contribution in [0.3, 0.4) is 0 Å². The molecule has 0 bridgehead atoms. The topological polar surface area (TPSA) is 38.0 Å². The number of aryl methyl sites for hydroxylation is 1. The predicted molar refractivity (Wildman–Crippen MR) is 77.5 cm³/mol. The van der Waals surface area contributed by atoms with E-state index >= 15 is 0 Å². The third kappa shape index (κ3) is 1.96. The van der Waals surface area contributed by atoms with Gasteiger partial charge in [-0.25, -0.2) is 4.98 Å². The molecule has 0 unspecified atom stereocenters. The average molecular weight is 273 g/mol. The second kappa shape index (κ2) is 4.59. The molecule has 3 rings (SSSR count). The van der Waals surface area contributed by atoms with E-state index < -0.39 is 0 Å². The van der Waals surface area contributed by atoms with Gasteiger partial charge in [-0.05, 0) is 43.3 Å². The molecule has 0 amide bonds. The molecule has 3 nitrogen and oxygen atoms in total. The second-order valence-corrected chi connectivity index (χ2v) is 4.74. The zero-order valence-electron chi connectivity index (χ0n) is 10.5. The lowest BCUT2D eigenvalue weighted by Gasteiger charge is -2.07. The molecule has 0 radical (unpaired) electrons. The molecule has 0 aliphatic rings. The van der Waals surface area contributed by atoms with Crippen molar-refractivity contribution in [1.82, 2.24) is 9.55 Å². The van der Waals surface area contributed by atoms with Gasteiger partial charge < -0.3 is 9.67 Å². The maximum absolute atomic E-state index is 9.37. The predicted octanol–water partition coefficient (Wildman–Crippen LogP) is 4.08. The number of hydrogen-bond acceptors (Lipinski definition) is 2. The van der Waals surface area contributed by atoms with Crippen LogP contribution in [-0.2, 0) is 6.54 Å². The molecule has 0 aliphatic carbocycles. The Morgan fingerprint density at radius 2 is 1.89 bits per heavy atom. The van der Waals surface area contributed by atoms with Gasteiger partial charge in [0.1, 0.15) is 11.6 Å². The lowest BCUT2D eigenvalue weighted by molar-refractivity contribution is 0.475. The van der Waals surface area contributed by atoms with Gasteiger partial charge in [-0.2, -0.15) is 0 Å². The van der Waals surface area contributed by atoms with Crippen molar-refractivity contribution >= 4 is 22.6 Å². The van der Waals surface area contributed by atoms with Gasteiger partial charge in [0, 0.05) is 12.1 Å². The fraction of sp³-hybridized carbons (Fsp3) is 0.133. The van der Waals surface area contributed by atoms with E-state index in [-0.39, 0.29) is 5.75 Å². The van der Waals surface area contributed by atoms with E-state index in [9.17, 15) is 5.11 Å². The van der Waals surface area contributed by atoms with Gasteiger partial charge in [-0.3, -0.25) is 0 Å². The summed E-state index contributed by atoms with van der Waals surface area (Å²) in [7, 11) is 0. The Labute approximate surface area is 116 Å². The maximum Gasteiger partial charge on any atom is 0.141 e. The molecule has 3 aromatic rings. The van der Waals surface area contributed by atoms with Gasteiger partial charge in [0.15, 0.2) is 0 Å². The molecule has 19 heavy (non-hydrogen) atoms. The highest BCUT2D eigenvalue weighted by atomic mass is 35.5. The molecule has 0 aliphatic heterocycles. The van der Waals surface area contributed by atoms with Gasteiger partial charge in [0.05, 0.1) is 16.1 Å². The molecule has 0 spiro atoms. The standard InChI is InChI=1S/C15H13ClN2O/c1-2-18-14-12(16)4-3-5-13(14)17-15(18)10-6-8-11(19)9-7-10/h3-9,19H,2H2,1H3. The first-order valence-corrected chi connectivity index (χ1v) is 6.52. The molecular weight excluding hydrogens is 260 g/mol. The van der Waals surface area contributed by atoms with E-state index in [4.69, 9.17) is 11.6 Å². The zero-order chi connectivity index (χ0) is 13.4. The van der Waals surface area contributed by atoms with Gasteiger partial charge in [-0.15, -0.1) is 0 Å². The van der Waals surface area contributed by atoms with Crippen molar-refractivity contribution in [2.75, 3.05) is 0 Å². The minimum Gasteiger partial charge on any atom is -0.508 e. The molecule has 4 heteroatoms. The van der Waals surface area contributed by atoms with E-state index in [1.807, 2.05) is 30.3 Å². The molecule has 0 saturated carbocycles. The lowest BCUT2D eigenvalue weighted by Crippen LogP contribution is -1.97. The maximum atomic E-state index is 9.37.